The van der Waals surface area contributed by atoms with Gasteiger partial charge in [-0.2, -0.15) is 0 Å². The van der Waals surface area contributed by atoms with Gasteiger partial charge in [0.1, 0.15) is 5.75 Å². The van der Waals surface area contributed by atoms with Crippen molar-refractivity contribution in [1.82, 2.24) is 4.90 Å². The molecule has 22 heavy (non-hydrogen) atoms. The molecule has 120 valence electrons. The number of hydrogen-bond donors (Lipinski definition) is 0. The predicted molar refractivity (Wildman–Crippen MR) is 88.2 cm³/mol. The molecule has 0 radical (unpaired) electrons. The Morgan fingerprint density at radius 3 is 2.55 bits per heavy atom. The van der Waals surface area contributed by atoms with Crippen LogP contribution in [0.3, 0.4) is 0 Å². The van der Waals surface area contributed by atoms with Crippen molar-refractivity contribution in [2.45, 2.75) is 38.5 Å². The highest BCUT2D eigenvalue weighted by Gasteiger charge is 2.35. The van der Waals surface area contributed by atoms with Crippen LogP contribution in [-0.4, -0.2) is 30.5 Å². The van der Waals surface area contributed by atoms with Crippen LogP contribution in [0.4, 0.5) is 0 Å². The number of carbonyl (C=O) groups is 1. The van der Waals surface area contributed by atoms with Crippen LogP contribution < -0.4 is 4.74 Å². The second-order valence-corrected chi connectivity index (χ2v) is 6.89. The zero-order valence-electron chi connectivity index (χ0n) is 13.0. The van der Waals surface area contributed by atoms with Crippen LogP contribution in [0.2, 0.25) is 5.02 Å². The summed E-state index contributed by atoms with van der Waals surface area (Å²) >= 11 is 6.04. The number of ether oxygens (including phenoxy) is 1. The molecule has 1 aliphatic heterocycles. The molecule has 0 bridgehead atoms. The number of likely N-dealkylation sites (tertiary alicyclic amines) is 1. The van der Waals surface area contributed by atoms with Gasteiger partial charge in [0, 0.05) is 19.5 Å². The van der Waals surface area contributed by atoms with Gasteiger partial charge in [-0.3, -0.25) is 4.79 Å². The van der Waals surface area contributed by atoms with E-state index in [0.717, 1.165) is 31.3 Å². The third-order valence-corrected chi connectivity index (χ3v) is 5.27. The van der Waals surface area contributed by atoms with Gasteiger partial charge in [0.25, 0.3) is 0 Å². The van der Waals surface area contributed by atoms with Crippen molar-refractivity contribution in [1.29, 1.82) is 0 Å². The molecule has 1 saturated heterocycles. The van der Waals surface area contributed by atoms with E-state index in [9.17, 15) is 4.79 Å². The summed E-state index contributed by atoms with van der Waals surface area (Å²) in [5.74, 6) is 2.51. The molecule has 2 atom stereocenters. The topological polar surface area (TPSA) is 29.5 Å². The molecule has 0 aromatic heterocycles. The van der Waals surface area contributed by atoms with Crippen molar-refractivity contribution >= 4 is 17.5 Å². The molecular weight excluding hydrogens is 298 g/mol. The molecule has 1 saturated carbocycles. The summed E-state index contributed by atoms with van der Waals surface area (Å²) in [6.07, 6.45) is 6.62. The Bertz CT molecular complexity index is 506. The van der Waals surface area contributed by atoms with Crippen molar-refractivity contribution in [3.8, 4) is 5.75 Å². The van der Waals surface area contributed by atoms with Crippen molar-refractivity contribution in [2.75, 3.05) is 19.7 Å². The number of rotatable bonds is 5. The minimum absolute atomic E-state index is 0.289. The van der Waals surface area contributed by atoms with Crippen molar-refractivity contribution in [3.05, 3.63) is 29.3 Å². The number of fused-ring (bicyclic) bond motifs is 1. The average Bonchev–Trinajstić information content (AvgIpc) is 2.97. The number of benzene rings is 1. The molecule has 1 amide bonds. The van der Waals surface area contributed by atoms with Gasteiger partial charge in [-0.05, 0) is 43.2 Å². The number of carbonyl (C=O) groups excluding carboxylic acids is 1. The van der Waals surface area contributed by atoms with Gasteiger partial charge in [0.15, 0.2) is 0 Å². The lowest BCUT2D eigenvalue weighted by Crippen LogP contribution is -2.29. The summed E-state index contributed by atoms with van der Waals surface area (Å²) in [6, 6.07) is 7.45. The first-order chi connectivity index (χ1) is 10.7. The predicted octanol–water partition coefficient (Wildman–Crippen LogP) is 4.15. The largest absolute Gasteiger partial charge is 0.492 e. The van der Waals surface area contributed by atoms with Crippen LogP contribution in [0.1, 0.15) is 38.5 Å². The van der Waals surface area contributed by atoms with Crippen LogP contribution in [0.15, 0.2) is 24.3 Å². The second-order valence-electron chi connectivity index (χ2n) is 6.49. The molecule has 3 rings (SSSR count). The fraction of sp³-hybridized carbons (Fsp3) is 0.611. The normalized spacial score (nSPS) is 24.1. The molecule has 4 heteroatoms. The molecule has 0 N–H and O–H groups in total. The minimum atomic E-state index is 0.289. The minimum Gasteiger partial charge on any atom is -0.492 e. The lowest BCUT2D eigenvalue weighted by molar-refractivity contribution is -0.130. The quantitative estimate of drug-likeness (QED) is 0.762. The zero-order chi connectivity index (χ0) is 15.4. The average molecular weight is 322 g/mol. The van der Waals surface area contributed by atoms with Crippen molar-refractivity contribution < 1.29 is 9.53 Å². The maximum Gasteiger partial charge on any atom is 0.222 e. The van der Waals surface area contributed by atoms with Crippen LogP contribution >= 0.6 is 11.6 Å². The summed E-state index contributed by atoms with van der Waals surface area (Å²) in [4.78, 5) is 14.4. The van der Waals surface area contributed by atoms with Gasteiger partial charge < -0.3 is 9.64 Å². The highest BCUT2D eigenvalue weighted by molar-refractivity contribution is 6.32. The van der Waals surface area contributed by atoms with E-state index in [2.05, 4.69) is 4.90 Å². The Hall–Kier alpha value is -1.22. The van der Waals surface area contributed by atoms with Gasteiger partial charge in [0.2, 0.25) is 5.91 Å². The number of halogens is 1. The zero-order valence-corrected chi connectivity index (χ0v) is 13.7. The number of amides is 1. The first-order valence-corrected chi connectivity index (χ1v) is 8.77. The fourth-order valence-corrected chi connectivity index (χ4v) is 3.93. The van der Waals surface area contributed by atoms with E-state index in [1.165, 1.54) is 25.7 Å². The number of para-hydroxylation sites is 1. The highest BCUT2D eigenvalue weighted by Crippen LogP contribution is 2.36. The van der Waals surface area contributed by atoms with E-state index in [0.29, 0.717) is 23.8 Å². The van der Waals surface area contributed by atoms with Gasteiger partial charge in [-0.25, -0.2) is 0 Å². The van der Waals surface area contributed by atoms with E-state index in [1.54, 1.807) is 0 Å². The Morgan fingerprint density at radius 2 is 1.86 bits per heavy atom. The van der Waals surface area contributed by atoms with Crippen molar-refractivity contribution in [3.63, 3.8) is 0 Å². The van der Waals surface area contributed by atoms with Crippen molar-refractivity contribution in [2.24, 2.45) is 11.8 Å². The van der Waals surface area contributed by atoms with Crippen LogP contribution in [0.5, 0.6) is 5.75 Å². The van der Waals surface area contributed by atoms with Crippen LogP contribution in [0.25, 0.3) is 0 Å². The maximum absolute atomic E-state index is 12.3. The maximum atomic E-state index is 12.3. The summed E-state index contributed by atoms with van der Waals surface area (Å²) in [5, 5.41) is 0.623. The van der Waals surface area contributed by atoms with Gasteiger partial charge in [0.05, 0.1) is 11.6 Å². The molecule has 0 spiro atoms. The molecule has 1 heterocycles. The van der Waals surface area contributed by atoms with E-state index < -0.39 is 0 Å². The molecule has 2 fully saturated rings. The molecule has 1 aromatic rings. The Kier molecular flexibility index (Phi) is 5.24. The van der Waals surface area contributed by atoms with Crippen LogP contribution in [0, 0.1) is 11.8 Å². The standard InChI is InChI=1S/C18H24ClNO2/c19-16-8-3-4-9-17(16)22-11-5-10-18(21)20-12-14-6-1-2-7-15(14)13-20/h3-4,8-9,14-15H,1-2,5-7,10-13H2. The molecule has 2 unspecified atom stereocenters. The van der Waals surface area contributed by atoms with Gasteiger partial charge >= 0.3 is 0 Å². The summed E-state index contributed by atoms with van der Waals surface area (Å²) in [7, 11) is 0. The number of hydrogen-bond acceptors (Lipinski definition) is 2. The third kappa shape index (κ3) is 3.75. The molecule has 1 aliphatic carbocycles. The Labute approximate surface area is 137 Å². The first kappa shape index (κ1) is 15.7. The molecule has 1 aromatic carbocycles. The second kappa shape index (κ2) is 7.36. The summed E-state index contributed by atoms with van der Waals surface area (Å²) in [6.45, 7) is 2.50. The smallest absolute Gasteiger partial charge is 0.222 e. The molecule has 3 nitrogen and oxygen atoms in total. The summed E-state index contributed by atoms with van der Waals surface area (Å²) < 4.78 is 5.64. The highest BCUT2D eigenvalue weighted by atomic mass is 35.5. The van der Waals surface area contributed by atoms with E-state index in [-0.39, 0.29) is 5.91 Å². The Balaban J connectivity index is 1.39. The summed E-state index contributed by atoms with van der Waals surface area (Å²) in [5.41, 5.74) is 0. The van der Waals surface area contributed by atoms with Crippen LogP contribution in [-0.2, 0) is 4.79 Å². The fourth-order valence-electron chi connectivity index (χ4n) is 3.73. The third-order valence-electron chi connectivity index (χ3n) is 4.96. The lowest BCUT2D eigenvalue weighted by Gasteiger charge is -2.22. The van der Waals surface area contributed by atoms with E-state index in [4.69, 9.17) is 16.3 Å². The number of nitrogens with zero attached hydrogens (tertiary/aromatic N) is 1. The monoisotopic (exact) mass is 321 g/mol. The van der Waals surface area contributed by atoms with Gasteiger partial charge in [-0.15, -0.1) is 0 Å². The molecule has 2 aliphatic rings. The first-order valence-electron chi connectivity index (χ1n) is 8.39. The van der Waals surface area contributed by atoms with E-state index in [1.807, 2.05) is 24.3 Å². The lowest BCUT2D eigenvalue weighted by atomic mass is 9.82. The molecular formula is C18H24ClNO2. The van der Waals surface area contributed by atoms with Gasteiger partial charge in [-0.1, -0.05) is 36.6 Å². The van der Waals surface area contributed by atoms with E-state index >= 15 is 0 Å². The SMILES string of the molecule is O=C(CCCOc1ccccc1Cl)N1CC2CCCCC2C1. The Morgan fingerprint density at radius 1 is 1.18 bits per heavy atom.